The second-order valence-electron chi connectivity index (χ2n) is 2.14. The number of nitrogens with one attached hydrogen (secondary N) is 1. The lowest BCUT2D eigenvalue weighted by Gasteiger charge is -2.13. The Bertz CT molecular complexity index is 237. The Kier molecular flexibility index (Phi) is 3.16. The van der Waals surface area contributed by atoms with E-state index in [1.807, 2.05) is 0 Å². The zero-order chi connectivity index (χ0) is 8.97. The summed E-state index contributed by atoms with van der Waals surface area (Å²) in [6, 6.07) is 0. The molecule has 0 unspecified atom stereocenters. The summed E-state index contributed by atoms with van der Waals surface area (Å²) in [5.41, 5.74) is 0.332. The molecule has 5 heteroatoms. The Morgan fingerprint density at radius 2 is 2.50 bits per heavy atom. The van der Waals surface area contributed by atoms with E-state index in [9.17, 15) is 9.59 Å². The molecule has 1 aliphatic rings. The molecule has 1 saturated heterocycles. The van der Waals surface area contributed by atoms with Gasteiger partial charge >= 0.3 is 5.97 Å². The summed E-state index contributed by atoms with van der Waals surface area (Å²) >= 11 is 1.20. The second kappa shape index (κ2) is 4.15. The fourth-order valence-corrected chi connectivity index (χ4v) is 1.44. The van der Waals surface area contributed by atoms with Crippen molar-refractivity contribution in [2.75, 3.05) is 19.4 Å². The maximum absolute atomic E-state index is 11.1. The van der Waals surface area contributed by atoms with Crippen molar-refractivity contribution in [3.8, 4) is 0 Å². The Balaban J connectivity index is 2.65. The van der Waals surface area contributed by atoms with Crippen molar-refractivity contribution in [2.45, 2.75) is 0 Å². The Hall–Kier alpha value is -0.970. The summed E-state index contributed by atoms with van der Waals surface area (Å²) < 4.78 is 4.38. The summed E-state index contributed by atoms with van der Waals surface area (Å²) in [6.07, 6.45) is 1.18. The summed E-state index contributed by atoms with van der Waals surface area (Å²) in [4.78, 5) is 21.8. The lowest BCUT2D eigenvalue weighted by Crippen LogP contribution is -2.28. The molecular formula is C7H9NO3S. The van der Waals surface area contributed by atoms with Gasteiger partial charge in [0.05, 0.1) is 18.9 Å². The average molecular weight is 187 g/mol. The highest BCUT2D eigenvalue weighted by Crippen LogP contribution is 2.12. The SMILES string of the molecule is COC(=O)C=C1NCCSC1=O. The van der Waals surface area contributed by atoms with Crippen LogP contribution in [0.25, 0.3) is 0 Å². The lowest BCUT2D eigenvalue weighted by molar-refractivity contribution is -0.135. The highest BCUT2D eigenvalue weighted by atomic mass is 32.2. The molecule has 0 bridgehead atoms. The van der Waals surface area contributed by atoms with Gasteiger partial charge in [-0.3, -0.25) is 4.79 Å². The number of hydrogen-bond donors (Lipinski definition) is 1. The minimum Gasteiger partial charge on any atom is -0.466 e. The van der Waals surface area contributed by atoms with Crippen LogP contribution in [0.4, 0.5) is 0 Å². The highest BCUT2D eigenvalue weighted by Gasteiger charge is 2.16. The molecule has 4 nitrogen and oxygen atoms in total. The number of rotatable bonds is 1. The number of hydrogen-bond acceptors (Lipinski definition) is 5. The smallest absolute Gasteiger partial charge is 0.332 e. The summed E-state index contributed by atoms with van der Waals surface area (Å²) in [6.45, 7) is 0.708. The quantitative estimate of drug-likeness (QED) is 0.459. The molecular weight excluding hydrogens is 178 g/mol. The molecule has 0 aromatic heterocycles. The number of thioether (sulfide) groups is 1. The lowest BCUT2D eigenvalue weighted by atomic mass is 10.4. The molecule has 0 amide bonds. The molecule has 0 saturated carbocycles. The standard InChI is InChI=1S/C7H9NO3S/c1-11-6(9)4-5-7(10)12-3-2-8-5/h4,8H,2-3H2,1H3. The molecule has 0 radical (unpaired) electrons. The molecule has 0 atom stereocenters. The Morgan fingerprint density at radius 3 is 3.08 bits per heavy atom. The molecule has 0 aliphatic carbocycles. The van der Waals surface area contributed by atoms with Crippen molar-refractivity contribution >= 4 is 22.8 Å². The normalized spacial score (nSPS) is 20.4. The van der Waals surface area contributed by atoms with Gasteiger partial charge in [-0.25, -0.2) is 4.79 Å². The van der Waals surface area contributed by atoms with Crippen LogP contribution in [-0.4, -0.2) is 30.5 Å². The molecule has 12 heavy (non-hydrogen) atoms. The van der Waals surface area contributed by atoms with Crippen molar-refractivity contribution < 1.29 is 14.3 Å². The minimum atomic E-state index is -0.506. The van der Waals surface area contributed by atoms with Gasteiger partial charge in [0.2, 0.25) is 5.12 Å². The number of methoxy groups -OCH3 is 1. The monoisotopic (exact) mass is 187 g/mol. The number of carbonyl (C=O) groups excluding carboxylic acids is 2. The molecule has 1 heterocycles. The number of esters is 1. The third-order valence-electron chi connectivity index (χ3n) is 1.33. The van der Waals surface area contributed by atoms with Crippen LogP contribution >= 0.6 is 11.8 Å². The van der Waals surface area contributed by atoms with Gasteiger partial charge in [0.1, 0.15) is 0 Å². The molecule has 1 N–H and O–H groups in total. The van der Waals surface area contributed by atoms with Crippen LogP contribution in [-0.2, 0) is 14.3 Å². The van der Waals surface area contributed by atoms with Crippen LogP contribution in [0.1, 0.15) is 0 Å². The number of ether oxygens (including phenoxy) is 1. The van der Waals surface area contributed by atoms with Gasteiger partial charge in [0.25, 0.3) is 0 Å². The molecule has 1 rings (SSSR count). The fourth-order valence-electron chi connectivity index (χ4n) is 0.766. The van der Waals surface area contributed by atoms with Gasteiger partial charge < -0.3 is 10.1 Å². The van der Waals surface area contributed by atoms with Crippen molar-refractivity contribution in [3.05, 3.63) is 11.8 Å². The predicted molar refractivity (Wildman–Crippen MR) is 45.6 cm³/mol. The third-order valence-corrected chi connectivity index (χ3v) is 2.22. The van der Waals surface area contributed by atoms with E-state index < -0.39 is 5.97 Å². The molecule has 0 spiro atoms. The third kappa shape index (κ3) is 2.27. The number of carbonyl (C=O) groups is 2. The van der Waals surface area contributed by atoms with E-state index in [2.05, 4.69) is 10.1 Å². The molecule has 66 valence electrons. The highest BCUT2D eigenvalue weighted by molar-refractivity contribution is 8.14. The topological polar surface area (TPSA) is 55.4 Å². The zero-order valence-electron chi connectivity index (χ0n) is 6.62. The molecule has 1 aliphatic heterocycles. The maximum Gasteiger partial charge on any atom is 0.332 e. The first-order chi connectivity index (χ1) is 5.74. The van der Waals surface area contributed by atoms with Crippen molar-refractivity contribution in [3.63, 3.8) is 0 Å². The first kappa shape index (κ1) is 9.12. The van der Waals surface area contributed by atoms with Crippen LogP contribution in [0, 0.1) is 0 Å². The Labute approximate surface area is 74.3 Å². The largest absolute Gasteiger partial charge is 0.466 e. The van der Waals surface area contributed by atoms with E-state index in [0.717, 1.165) is 5.75 Å². The van der Waals surface area contributed by atoms with Gasteiger partial charge in [-0.2, -0.15) is 0 Å². The van der Waals surface area contributed by atoms with Crippen LogP contribution in [0.5, 0.6) is 0 Å². The molecule has 0 aromatic rings. The molecule has 0 aromatic carbocycles. The van der Waals surface area contributed by atoms with Crippen LogP contribution in [0.3, 0.4) is 0 Å². The summed E-state index contributed by atoms with van der Waals surface area (Å²) in [5.74, 6) is 0.241. The van der Waals surface area contributed by atoms with E-state index >= 15 is 0 Å². The van der Waals surface area contributed by atoms with Gasteiger partial charge in [0.15, 0.2) is 0 Å². The van der Waals surface area contributed by atoms with Crippen LogP contribution < -0.4 is 5.32 Å². The zero-order valence-corrected chi connectivity index (χ0v) is 7.44. The van der Waals surface area contributed by atoms with E-state index in [1.54, 1.807) is 0 Å². The van der Waals surface area contributed by atoms with Gasteiger partial charge in [-0.15, -0.1) is 0 Å². The van der Waals surface area contributed by atoms with E-state index in [-0.39, 0.29) is 5.12 Å². The van der Waals surface area contributed by atoms with Gasteiger partial charge in [-0.05, 0) is 0 Å². The van der Waals surface area contributed by atoms with E-state index in [4.69, 9.17) is 0 Å². The minimum absolute atomic E-state index is 0.105. The second-order valence-corrected chi connectivity index (χ2v) is 3.21. The van der Waals surface area contributed by atoms with Crippen LogP contribution in [0.2, 0.25) is 0 Å². The fraction of sp³-hybridized carbons (Fsp3) is 0.429. The van der Waals surface area contributed by atoms with E-state index in [1.165, 1.54) is 24.9 Å². The summed E-state index contributed by atoms with van der Waals surface area (Å²) in [5, 5.41) is 2.72. The van der Waals surface area contributed by atoms with Crippen molar-refractivity contribution in [1.82, 2.24) is 5.32 Å². The molecule has 1 fully saturated rings. The average Bonchev–Trinajstić information content (AvgIpc) is 2.09. The first-order valence-corrected chi connectivity index (χ1v) is 4.43. The predicted octanol–water partition coefficient (Wildman–Crippen LogP) is -0.0937. The van der Waals surface area contributed by atoms with Crippen molar-refractivity contribution in [2.24, 2.45) is 0 Å². The van der Waals surface area contributed by atoms with E-state index in [0.29, 0.717) is 12.2 Å². The van der Waals surface area contributed by atoms with Gasteiger partial charge in [-0.1, -0.05) is 11.8 Å². The maximum atomic E-state index is 11.1. The summed E-state index contributed by atoms with van der Waals surface area (Å²) in [7, 11) is 1.28. The Morgan fingerprint density at radius 1 is 1.75 bits per heavy atom. The first-order valence-electron chi connectivity index (χ1n) is 3.44. The van der Waals surface area contributed by atoms with Gasteiger partial charge in [0, 0.05) is 12.3 Å². The van der Waals surface area contributed by atoms with Crippen molar-refractivity contribution in [1.29, 1.82) is 0 Å². The van der Waals surface area contributed by atoms with Crippen LogP contribution in [0.15, 0.2) is 11.8 Å².